The second kappa shape index (κ2) is 5.46. The highest BCUT2D eigenvalue weighted by Gasteiger charge is 2.35. The summed E-state index contributed by atoms with van der Waals surface area (Å²) in [4.78, 5) is 0. The molecule has 0 fully saturated rings. The Labute approximate surface area is 95.8 Å². The van der Waals surface area contributed by atoms with Crippen LogP contribution in [0.15, 0.2) is 18.2 Å². The van der Waals surface area contributed by atoms with Crippen LogP contribution in [-0.2, 0) is 10.9 Å². The molecule has 17 heavy (non-hydrogen) atoms. The van der Waals surface area contributed by atoms with Crippen molar-refractivity contribution in [3.8, 4) is 0 Å². The SMILES string of the molecule is CCOCC(O)c1cccc(C(F)(F)F)c1F. The monoisotopic (exact) mass is 252 g/mol. The van der Waals surface area contributed by atoms with Crippen molar-refractivity contribution in [3.05, 3.63) is 35.1 Å². The molecule has 0 heterocycles. The number of aliphatic hydroxyl groups excluding tert-OH is 1. The molecular formula is C11H12F4O2. The minimum Gasteiger partial charge on any atom is -0.386 e. The number of halogens is 4. The molecule has 96 valence electrons. The van der Waals surface area contributed by atoms with Crippen LogP contribution in [-0.4, -0.2) is 18.3 Å². The summed E-state index contributed by atoms with van der Waals surface area (Å²) in [6.45, 7) is 1.71. The van der Waals surface area contributed by atoms with Crippen LogP contribution in [0.2, 0.25) is 0 Å². The summed E-state index contributed by atoms with van der Waals surface area (Å²) in [6.07, 6.45) is -6.18. The Balaban J connectivity index is 3.02. The molecule has 1 N–H and O–H groups in total. The second-order valence-corrected chi connectivity index (χ2v) is 3.38. The van der Waals surface area contributed by atoms with Crippen LogP contribution in [0.3, 0.4) is 0 Å². The van der Waals surface area contributed by atoms with Gasteiger partial charge in [-0.3, -0.25) is 0 Å². The summed E-state index contributed by atoms with van der Waals surface area (Å²) in [5, 5.41) is 9.49. The first-order chi connectivity index (χ1) is 7.88. The van der Waals surface area contributed by atoms with Crippen LogP contribution >= 0.6 is 0 Å². The van der Waals surface area contributed by atoms with Gasteiger partial charge in [0.1, 0.15) is 11.9 Å². The highest BCUT2D eigenvalue weighted by molar-refractivity contribution is 5.29. The molecule has 0 aliphatic heterocycles. The fraction of sp³-hybridized carbons (Fsp3) is 0.455. The van der Waals surface area contributed by atoms with Crippen LogP contribution in [0.4, 0.5) is 17.6 Å². The molecule has 1 aromatic rings. The summed E-state index contributed by atoms with van der Waals surface area (Å²) in [6, 6.07) is 2.79. The van der Waals surface area contributed by atoms with E-state index < -0.39 is 29.2 Å². The van der Waals surface area contributed by atoms with E-state index in [1.807, 2.05) is 0 Å². The number of ether oxygens (including phenoxy) is 1. The topological polar surface area (TPSA) is 29.5 Å². The number of rotatable bonds is 4. The Morgan fingerprint density at radius 1 is 1.35 bits per heavy atom. The van der Waals surface area contributed by atoms with Crippen molar-refractivity contribution in [2.75, 3.05) is 13.2 Å². The van der Waals surface area contributed by atoms with Gasteiger partial charge < -0.3 is 9.84 Å². The predicted molar refractivity (Wildman–Crippen MR) is 52.9 cm³/mol. The van der Waals surface area contributed by atoms with Crippen LogP contribution in [0, 0.1) is 5.82 Å². The van der Waals surface area contributed by atoms with Gasteiger partial charge in [-0.25, -0.2) is 4.39 Å². The number of aliphatic hydroxyl groups is 1. The van der Waals surface area contributed by atoms with E-state index >= 15 is 0 Å². The zero-order valence-electron chi connectivity index (χ0n) is 9.09. The summed E-state index contributed by atoms with van der Waals surface area (Å²) in [5.41, 5.74) is -1.79. The third kappa shape index (κ3) is 3.41. The summed E-state index contributed by atoms with van der Waals surface area (Å²) in [7, 11) is 0. The van der Waals surface area contributed by atoms with Gasteiger partial charge in [-0.15, -0.1) is 0 Å². The van der Waals surface area contributed by atoms with Gasteiger partial charge in [0.2, 0.25) is 0 Å². The van der Waals surface area contributed by atoms with Crippen molar-refractivity contribution in [1.82, 2.24) is 0 Å². The molecule has 0 aromatic heterocycles. The molecule has 1 rings (SSSR count). The molecule has 2 nitrogen and oxygen atoms in total. The Morgan fingerprint density at radius 2 is 2.00 bits per heavy atom. The molecular weight excluding hydrogens is 240 g/mol. The first kappa shape index (κ1) is 13.9. The molecule has 1 aromatic carbocycles. The van der Waals surface area contributed by atoms with Crippen LogP contribution in [0.25, 0.3) is 0 Å². The van der Waals surface area contributed by atoms with E-state index in [0.717, 1.165) is 12.1 Å². The van der Waals surface area contributed by atoms with Gasteiger partial charge in [-0.1, -0.05) is 12.1 Å². The van der Waals surface area contributed by atoms with Gasteiger partial charge in [0, 0.05) is 12.2 Å². The quantitative estimate of drug-likeness (QED) is 0.835. The number of hydrogen-bond acceptors (Lipinski definition) is 2. The van der Waals surface area contributed by atoms with E-state index in [9.17, 15) is 22.7 Å². The van der Waals surface area contributed by atoms with Gasteiger partial charge in [0.25, 0.3) is 0 Å². The van der Waals surface area contributed by atoms with Crippen LogP contribution < -0.4 is 0 Å². The molecule has 1 atom stereocenters. The zero-order valence-corrected chi connectivity index (χ0v) is 9.09. The molecule has 6 heteroatoms. The van der Waals surface area contributed by atoms with E-state index in [2.05, 4.69) is 0 Å². The number of benzene rings is 1. The Bertz CT molecular complexity index is 376. The van der Waals surface area contributed by atoms with E-state index in [0.29, 0.717) is 6.07 Å². The molecule has 0 amide bonds. The van der Waals surface area contributed by atoms with Gasteiger partial charge >= 0.3 is 6.18 Å². The second-order valence-electron chi connectivity index (χ2n) is 3.38. The van der Waals surface area contributed by atoms with Crippen molar-refractivity contribution in [3.63, 3.8) is 0 Å². The summed E-state index contributed by atoms with van der Waals surface area (Å²) < 4.78 is 55.5. The molecule has 0 spiro atoms. The van der Waals surface area contributed by atoms with E-state index in [1.165, 1.54) is 0 Å². The van der Waals surface area contributed by atoms with E-state index in [4.69, 9.17) is 4.74 Å². The van der Waals surface area contributed by atoms with Crippen LogP contribution in [0.1, 0.15) is 24.2 Å². The maximum absolute atomic E-state index is 13.5. The molecule has 0 aliphatic rings. The average Bonchev–Trinajstić information content (AvgIpc) is 2.24. The van der Waals surface area contributed by atoms with Crippen molar-refractivity contribution < 1.29 is 27.4 Å². The average molecular weight is 252 g/mol. The van der Waals surface area contributed by atoms with Gasteiger partial charge in [0.05, 0.1) is 12.2 Å². The van der Waals surface area contributed by atoms with Crippen molar-refractivity contribution in [2.45, 2.75) is 19.2 Å². The fourth-order valence-electron chi connectivity index (χ4n) is 1.35. The third-order valence-corrected chi connectivity index (χ3v) is 2.17. The number of alkyl halides is 3. The normalized spacial score (nSPS) is 13.8. The number of hydrogen-bond donors (Lipinski definition) is 1. The Hall–Kier alpha value is -1.14. The molecule has 0 saturated carbocycles. The first-order valence-corrected chi connectivity index (χ1v) is 4.99. The molecule has 1 unspecified atom stereocenters. The van der Waals surface area contributed by atoms with E-state index in [-0.39, 0.29) is 13.2 Å². The minimum atomic E-state index is -4.77. The Morgan fingerprint density at radius 3 is 2.53 bits per heavy atom. The lowest BCUT2D eigenvalue weighted by Crippen LogP contribution is -2.14. The first-order valence-electron chi connectivity index (χ1n) is 4.99. The fourth-order valence-corrected chi connectivity index (χ4v) is 1.35. The zero-order chi connectivity index (χ0) is 13.1. The summed E-state index contributed by atoms with van der Waals surface area (Å²) in [5.74, 6) is -1.45. The highest BCUT2D eigenvalue weighted by atomic mass is 19.4. The third-order valence-electron chi connectivity index (χ3n) is 2.17. The maximum Gasteiger partial charge on any atom is 0.419 e. The van der Waals surface area contributed by atoms with Crippen LogP contribution in [0.5, 0.6) is 0 Å². The highest BCUT2D eigenvalue weighted by Crippen LogP contribution is 2.33. The van der Waals surface area contributed by atoms with E-state index in [1.54, 1.807) is 6.92 Å². The smallest absolute Gasteiger partial charge is 0.386 e. The van der Waals surface area contributed by atoms with Crippen molar-refractivity contribution in [2.24, 2.45) is 0 Å². The maximum atomic E-state index is 13.5. The molecule has 0 saturated heterocycles. The standard InChI is InChI=1S/C11H12F4O2/c1-2-17-6-9(16)7-4-3-5-8(10(7)12)11(13,14)15/h3-5,9,16H,2,6H2,1H3. The predicted octanol–water partition coefficient (Wildman–Crippen LogP) is 2.91. The largest absolute Gasteiger partial charge is 0.419 e. The van der Waals surface area contributed by atoms with Crippen molar-refractivity contribution >= 4 is 0 Å². The minimum absolute atomic E-state index is 0.241. The summed E-state index contributed by atoms with van der Waals surface area (Å²) >= 11 is 0. The van der Waals surface area contributed by atoms with Crippen molar-refractivity contribution in [1.29, 1.82) is 0 Å². The lowest BCUT2D eigenvalue weighted by atomic mass is 10.0. The lowest BCUT2D eigenvalue weighted by molar-refractivity contribution is -0.140. The Kier molecular flexibility index (Phi) is 4.47. The molecule has 0 aliphatic carbocycles. The van der Waals surface area contributed by atoms with Gasteiger partial charge in [-0.2, -0.15) is 13.2 Å². The molecule has 0 radical (unpaired) electrons. The lowest BCUT2D eigenvalue weighted by Gasteiger charge is -2.15. The van der Waals surface area contributed by atoms with Gasteiger partial charge in [-0.05, 0) is 13.0 Å². The molecule has 0 bridgehead atoms. The van der Waals surface area contributed by atoms with Gasteiger partial charge in [0.15, 0.2) is 0 Å².